The van der Waals surface area contributed by atoms with Crippen LogP contribution in [-0.4, -0.2) is 53.3 Å². The quantitative estimate of drug-likeness (QED) is 0.912. The van der Waals surface area contributed by atoms with E-state index in [2.05, 4.69) is 4.98 Å². The van der Waals surface area contributed by atoms with Crippen molar-refractivity contribution in [3.8, 4) is 11.5 Å². The summed E-state index contributed by atoms with van der Waals surface area (Å²) < 4.78 is 16.2. The van der Waals surface area contributed by atoms with Crippen LogP contribution in [0.25, 0.3) is 0 Å². The Hall–Kier alpha value is -2.54. The molecule has 1 saturated heterocycles. The van der Waals surface area contributed by atoms with Gasteiger partial charge >= 0.3 is 0 Å². The van der Waals surface area contributed by atoms with Gasteiger partial charge in [0.15, 0.2) is 11.6 Å². The molecule has 1 aliphatic heterocycles. The first-order valence-electron chi connectivity index (χ1n) is 8.27. The lowest BCUT2D eigenvalue weighted by molar-refractivity contribution is 0.0349. The van der Waals surface area contributed by atoms with E-state index < -0.39 is 6.10 Å². The number of amides is 1. The number of carbonyl (C=O) groups excluding carboxylic acids is 1. The fourth-order valence-electron chi connectivity index (χ4n) is 2.87. The zero-order valence-electron chi connectivity index (χ0n) is 14.3. The minimum Gasteiger partial charge on any atom is -0.497 e. The summed E-state index contributed by atoms with van der Waals surface area (Å²) in [7, 11) is 1.59. The normalized spacial score (nSPS) is 20.8. The highest BCUT2D eigenvalue weighted by atomic mass is 16.5. The van der Waals surface area contributed by atoms with Crippen molar-refractivity contribution in [3.63, 3.8) is 0 Å². The molecule has 0 saturated carbocycles. The number of likely N-dealkylation sites (tertiary alicyclic amines) is 1. The summed E-state index contributed by atoms with van der Waals surface area (Å²) in [6, 6.07) is 7.26. The summed E-state index contributed by atoms with van der Waals surface area (Å²) in [6.45, 7) is 2.63. The van der Waals surface area contributed by atoms with Gasteiger partial charge in [-0.15, -0.1) is 0 Å². The lowest BCUT2D eigenvalue weighted by Crippen LogP contribution is -2.32. The Morgan fingerprint density at radius 1 is 1.32 bits per heavy atom. The van der Waals surface area contributed by atoms with Crippen molar-refractivity contribution in [2.24, 2.45) is 0 Å². The zero-order valence-corrected chi connectivity index (χ0v) is 14.3. The van der Waals surface area contributed by atoms with Crippen LogP contribution >= 0.6 is 0 Å². The average Bonchev–Trinajstić information content (AvgIpc) is 2.98. The van der Waals surface area contributed by atoms with E-state index in [9.17, 15) is 9.90 Å². The number of ether oxygens (including phenoxy) is 2. The Morgan fingerprint density at radius 3 is 2.80 bits per heavy atom. The standard InChI is InChI=1S/C18H22N2O5/c1-12-19-15(11-24-12)18(22)20-8-6-16(21)17(7-9-20)25-14-5-3-4-13(10-14)23-2/h3-5,10-11,16-17,21H,6-9H2,1-2H3/t16-,17-/m0/s1. The number of aromatic nitrogens is 1. The maximum atomic E-state index is 12.5. The maximum Gasteiger partial charge on any atom is 0.275 e. The van der Waals surface area contributed by atoms with Crippen LogP contribution in [0.3, 0.4) is 0 Å². The Kier molecular flexibility index (Phi) is 5.23. The second kappa shape index (κ2) is 7.57. The summed E-state index contributed by atoms with van der Waals surface area (Å²) >= 11 is 0. The highest BCUT2D eigenvalue weighted by Crippen LogP contribution is 2.24. The summed E-state index contributed by atoms with van der Waals surface area (Å²) in [4.78, 5) is 18.2. The van der Waals surface area contributed by atoms with Crippen LogP contribution in [0, 0.1) is 6.92 Å². The van der Waals surface area contributed by atoms with E-state index in [-0.39, 0.29) is 12.0 Å². The van der Waals surface area contributed by atoms with Gasteiger partial charge in [-0.25, -0.2) is 4.98 Å². The van der Waals surface area contributed by atoms with E-state index in [4.69, 9.17) is 13.9 Å². The first-order valence-corrected chi connectivity index (χ1v) is 8.27. The molecule has 2 heterocycles. The third-order valence-corrected chi connectivity index (χ3v) is 4.26. The number of aliphatic hydroxyl groups is 1. The number of benzene rings is 1. The highest BCUT2D eigenvalue weighted by molar-refractivity contribution is 5.92. The molecule has 0 unspecified atom stereocenters. The molecule has 1 fully saturated rings. The molecular formula is C18H22N2O5. The molecule has 1 aromatic heterocycles. The summed E-state index contributed by atoms with van der Waals surface area (Å²) in [5.41, 5.74) is 0.291. The van der Waals surface area contributed by atoms with Crippen molar-refractivity contribution in [2.45, 2.75) is 32.0 Å². The molecule has 1 amide bonds. The molecular weight excluding hydrogens is 324 g/mol. The van der Waals surface area contributed by atoms with Crippen LogP contribution in [0.1, 0.15) is 29.2 Å². The lowest BCUT2D eigenvalue weighted by Gasteiger charge is -2.22. The van der Waals surface area contributed by atoms with Gasteiger partial charge in [0.1, 0.15) is 23.9 Å². The highest BCUT2D eigenvalue weighted by Gasteiger charge is 2.29. The number of hydrogen-bond acceptors (Lipinski definition) is 6. The maximum absolute atomic E-state index is 12.5. The number of methoxy groups -OCH3 is 1. The average molecular weight is 346 g/mol. The van der Waals surface area contributed by atoms with Gasteiger partial charge in [-0.1, -0.05) is 6.07 Å². The number of oxazole rings is 1. The molecule has 2 aromatic rings. The monoisotopic (exact) mass is 346 g/mol. The minimum atomic E-state index is -0.650. The Balaban J connectivity index is 1.65. The van der Waals surface area contributed by atoms with E-state index in [0.29, 0.717) is 49.0 Å². The molecule has 0 bridgehead atoms. The van der Waals surface area contributed by atoms with Gasteiger partial charge in [0.25, 0.3) is 5.91 Å². The molecule has 3 rings (SSSR count). The first kappa shape index (κ1) is 17.3. The molecule has 7 nitrogen and oxygen atoms in total. The Bertz CT molecular complexity index is 730. The third kappa shape index (κ3) is 4.11. The largest absolute Gasteiger partial charge is 0.497 e. The van der Waals surface area contributed by atoms with E-state index in [1.165, 1.54) is 6.26 Å². The molecule has 0 aliphatic carbocycles. The molecule has 1 aliphatic rings. The number of hydrogen-bond donors (Lipinski definition) is 1. The van der Waals surface area contributed by atoms with Gasteiger partial charge in [0.05, 0.1) is 13.2 Å². The predicted molar refractivity (Wildman–Crippen MR) is 89.8 cm³/mol. The van der Waals surface area contributed by atoms with Crippen molar-refractivity contribution in [2.75, 3.05) is 20.2 Å². The molecule has 2 atom stereocenters. The Labute approximate surface area is 146 Å². The number of aliphatic hydroxyl groups excluding tert-OH is 1. The smallest absolute Gasteiger partial charge is 0.275 e. The molecule has 1 N–H and O–H groups in total. The van der Waals surface area contributed by atoms with E-state index in [0.717, 1.165) is 0 Å². The topological polar surface area (TPSA) is 85.0 Å². The zero-order chi connectivity index (χ0) is 17.8. The van der Waals surface area contributed by atoms with Gasteiger partial charge < -0.3 is 23.9 Å². The van der Waals surface area contributed by atoms with Gasteiger partial charge in [-0.3, -0.25) is 4.79 Å². The van der Waals surface area contributed by atoms with Crippen molar-refractivity contribution in [3.05, 3.63) is 42.1 Å². The molecule has 0 spiro atoms. The summed E-state index contributed by atoms with van der Waals surface area (Å²) in [5.74, 6) is 1.60. The van der Waals surface area contributed by atoms with Crippen LogP contribution in [0.2, 0.25) is 0 Å². The number of rotatable bonds is 4. The van der Waals surface area contributed by atoms with Crippen LogP contribution in [0.4, 0.5) is 0 Å². The van der Waals surface area contributed by atoms with E-state index in [1.807, 2.05) is 18.2 Å². The fourth-order valence-corrected chi connectivity index (χ4v) is 2.87. The Morgan fingerprint density at radius 2 is 2.08 bits per heavy atom. The molecule has 0 radical (unpaired) electrons. The number of aryl methyl sites for hydroxylation is 1. The van der Waals surface area contributed by atoms with Crippen LogP contribution in [0.15, 0.2) is 34.9 Å². The van der Waals surface area contributed by atoms with Gasteiger partial charge in [-0.05, 0) is 18.6 Å². The molecule has 134 valence electrons. The fraction of sp³-hybridized carbons (Fsp3) is 0.444. The van der Waals surface area contributed by atoms with E-state index >= 15 is 0 Å². The number of nitrogens with zero attached hydrogens (tertiary/aromatic N) is 2. The molecule has 1 aromatic carbocycles. The summed E-state index contributed by atoms with van der Waals surface area (Å²) in [5, 5.41) is 10.4. The lowest BCUT2D eigenvalue weighted by atomic mass is 10.1. The SMILES string of the molecule is COc1cccc(O[C@H]2CCN(C(=O)c3coc(C)n3)CC[C@@H]2O)c1. The van der Waals surface area contributed by atoms with Crippen molar-refractivity contribution in [1.29, 1.82) is 0 Å². The van der Waals surface area contributed by atoms with E-state index in [1.54, 1.807) is 25.0 Å². The first-order chi connectivity index (χ1) is 12.1. The van der Waals surface area contributed by atoms with Gasteiger partial charge in [-0.2, -0.15) is 0 Å². The number of carbonyl (C=O) groups is 1. The van der Waals surface area contributed by atoms with Crippen molar-refractivity contribution < 1.29 is 23.8 Å². The van der Waals surface area contributed by atoms with Crippen LogP contribution < -0.4 is 9.47 Å². The van der Waals surface area contributed by atoms with Gasteiger partial charge in [0, 0.05) is 32.5 Å². The van der Waals surface area contributed by atoms with Crippen LogP contribution in [-0.2, 0) is 0 Å². The predicted octanol–water partition coefficient (Wildman–Crippen LogP) is 2.04. The minimum absolute atomic E-state index is 0.189. The van der Waals surface area contributed by atoms with Crippen LogP contribution in [0.5, 0.6) is 11.5 Å². The third-order valence-electron chi connectivity index (χ3n) is 4.26. The second-order valence-corrected chi connectivity index (χ2v) is 6.02. The molecule has 7 heteroatoms. The second-order valence-electron chi connectivity index (χ2n) is 6.02. The molecule has 25 heavy (non-hydrogen) atoms. The van der Waals surface area contributed by atoms with Crippen molar-refractivity contribution >= 4 is 5.91 Å². The summed E-state index contributed by atoms with van der Waals surface area (Å²) in [6.07, 6.45) is 1.30. The van der Waals surface area contributed by atoms with Crippen molar-refractivity contribution in [1.82, 2.24) is 9.88 Å². The van der Waals surface area contributed by atoms with Gasteiger partial charge in [0.2, 0.25) is 0 Å².